The quantitative estimate of drug-likeness (QED) is 0.439. The summed E-state index contributed by atoms with van der Waals surface area (Å²) in [5.74, 6) is 5.06. The molecule has 0 saturated carbocycles. The van der Waals surface area contributed by atoms with Gasteiger partial charge in [-0.1, -0.05) is 37.0 Å². The van der Waals surface area contributed by atoms with Crippen molar-refractivity contribution < 1.29 is 9.53 Å². The van der Waals surface area contributed by atoms with Gasteiger partial charge in [0, 0.05) is 12.8 Å². The Balaban J connectivity index is 2.12. The molecule has 0 heterocycles. The van der Waals surface area contributed by atoms with Crippen LogP contribution in [0.25, 0.3) is 0 Å². The minimum absolute atomic E-state index is 0.401. The highest BCUT2D eigenvalue weighted by Crippen LogP contribution is 2.04. The van der Waals surface area contributed by atoms with Crippen molar-refractivity contribution in [2.24, 2.45) is 0 Å². The second-order valence-electron chi connectivity index (χ2n) is 4.15. The fraction of sp³-hybridized carbons (Fsp3) is 0.353. The van der Waals surface area contributed by atoms with Gasteiger partial charge in [0.15, 0.2) is 0 Å². The summed E-state index contributed by atoms with van der Waals surface area (Å²) in [6.45, 7) is 0. The molecule has 0 aliphatic carbocycles. The molecule has 98 valence electrons. The lowest BCUT2D eigenvalue weighted by Gasteiger charge is -1.96. The first-order valence-corrected chi connectivity index (χ1v) is 6.52. The Morgan fingerprint density at radius 1 is 1.05 bits per heavy atom. The topological polar surface area (TPSA) is 26.3 Å². The Bertz CT molecular complexity index is 471. The van der Waals surface area contributed by atoms with Crippen LogP contribution in [0.15, 0.2) is 30.3 Å². The van der Waals surface area contributed by atoms with E-state index in [1.807, 2.05) is 6.07 Å². The number of terminal acetylenes is 1. The van der Waals surface area contributed by atoms with Crippen molar-refractivity contribution in [1.29, 1.82) is 0 Å². The van der Waals surface area contributed by atoms with E-state index < -0.39 is 5.97 Å². The van der Waals surface area contributed by atoms with Crippen molar-refractivity contribution >= 4 is 5.97 Å². The monoisotopic (exact) mass is 254 g/mol. The molecule has 2 nitrogen and oxygen atoms in total. The normalized spacial score (nSPS) is 9.00. The molecular formula is C17H18O2. The van der Waals surface area contributed by atoms with Gasteiger partial charge in [-0.05, 0) is 25.0 Å². The van der Waals surface area contributed by atoms with E-state index in [0.29, 0.717) is 5.56 Å². The molecule has 0 bridgehead atoms. The fourth-order valence-corrected chi connectivity index (χ4v) is 1.56. The summed E-state index contributed by atoms with van der Waals surface area (Å²) < 4.78 is 4.85. The zero-order valence-electron chi connectivity index (χ0n) is 11.0. The highest BCUT2D eigenvalue weighted by atomic mass is 16.5. The molecule has 0 N–H and O–H groups in total. The maximum absolute atomic E-state index is 11.5. The summed E-state index contributed by atoms with van der Waals surface area (Å²) in [4.78, 5) is 11.5. The van der Waals surface area contributed by atoms with Gasteiger partial charge >= 0.3 is 5.97 Å². The Morgan fingerprint density at radius 3 is 2.42 bits per heavy atom. The van der Waals surface area contributed by atoms with Gasteiger partial charge in [-0.25, -0.2) is 4.79 Å². The lowest BCUT2D eigenvalue weighted by Crippen LogP contribution is -1.99. The maximum atomic E-state index is 11.5. The fourth-order valence-electron chi connectivity index (χ4n) is 1.56. The lowest BCUT2D eigenvalue weighted by molar-refractivity contribution is 0.0690. The lowest BCUT2D eigenvalue weighted by atomic mass is 10.1. The SMILES string of the molecule is C#CCCCCCCC#COC(=O)c1ccccc1. The van der Waals surface area contributed by atoms with Crippen LogP contribution in [-0.4, -0.2) is 5.97 Å². The largest absolute Gasteiger partial charge is 0.369 e. The molecule has 0 saturated heterocycles. The molecule has 1 aromatic carbocycles. The molecule has 0 unspecified atom stereocenters. The van der Waals surface area contributed by atoms with Crippen LogP contribution in [0.3, 0.4) is 0 Å². The standard InChI is InChI=1S/C17H18O2/c1-2-3-4-5-6-7-8-12-15-19-17(18)16-13-10-9-11-14-16/h1,9-11,13-14H,3-8H2. The number of hydrogen-bond acceptors (Lipinski definition) is 2. The molecule has 0 radical (unpaired) electrons. The minimum atomic E-state index is -0.401. The van der Waals surface area contributed by atoms with E-state index >= 15 is 0 Å². The Hall–Kier alpha value is -2.19. The van der Waals surface area contributed by atoms with Crippen molar-refractivity contribution in [3.63, 3.8) is 0 Å². The molecular weight excluding hydrogens is 236 g/mol. The van der Waals surface area contributed by atoms with Crippen LogP contribution in [0.5, 0.6) is 0 Å². The van der Waals surface area contributed by atoms with Crippen LogP contribution < -0.4 is 0 Å². The second-order valence-corrected chi connectivity index (χ2v) is 4.15. The second kappa shape index (κ2) is 9.80. The predicted octanol–water partition coefficient (Wildman–Crippen LogP) is 3.78. The maximum Gasteiger partial charge on any atom is 0.352 e. The van der Waals surface area contributed by atoms with Gasteiger partial charge in [0.1, 0.15) is 6.11 Å². The van der Waals surface area contributed by atoms with E-state index in [2.05, 4.69) is 17.9 Å². The number of ether oxygens (including phenoxy) is 1. The highest BCUT2D eigenvalue weighted by molar-refractivity contribution is 5.89. The average molecular weight is 254 g/mol. The van der Waals surface area contributed by atoms with Gasteiger partial charge in [-0.3, -0.25) is 0 Å². The number of carbonyl (C=O) groups excluding carboxylic acids is 1. The number of esters is 1. The third-order valence-corrected chi connectivity index (χ3v) is 2.60. The first-order chi connectivity index (χ1) is 9.34. The number of benzene rings is 1. The first kappa shape index (κ1) is 14.9. The zero-order valence-corrected chi connectivity index (χ0v) is 11.0. The van der Waals surface area contributed by atoms with Crippen molar-refractivity contribution in [1.82, 2.24) is 0 Å². The van der Waals surface area contributed by atoms with Gasteiger partial charge < -0.3 is 4.74 Å². The van der Waals surface area contributed by atoms with E-state index in [1.54, 1.807) is 24.3 Å². The van der Waals surface area contributed by atoms with Gasteiger partial charge in [0.05, 0.1) is 5.56 Å². The third kappa shape index (κ3) is 6.96. The summed E-state index contributed by atoms with van der Waals surface area (Å²) in [5.41, 5.74) is 0.520. The van der Waals surface area contributed by atoms with E-state index in [0.717, 1.165) is 38.5 Å². The Morgan fingerprint density at radius 2 is 1.74 bits per heavy atom. The van der Waals surface area contributed by atoms with Crippen molar-refractivity contribution in [2.75, 3.05) is 0 Å². The average Bonchev–Trinajstić information content (AvgIpc) is 2.46. The number of carbonyl (C=O) groups is 1. The summed E-state index contributed by atoms with van der Waals surface area (Å²) in [6, 6.07) is 8.84. The predicted molar refractivity (Wildman–Crippen MR) is 76.2 cm³/mol. The highest BCUT2D eigenvalue weighted by Gasteiger charge is 2.03. The van der Waals surface area contributed by atoms with Crippen molar-refractivity contribution in [2.45, 2.75) is 38.5 Å². The van der Waals surface area contributed by atoms with E-state index in [1.165, 1.54) is 0 Å². The van der Waals surface area contributed by atoms with Gasteiger partial charge in [0.25, 0.3) is 0 Å². The smallest absolute Gasteiger partial charge is 0.352 e. The Labute approximate surface area is 115 Å². The molecule has 0 fully saturated rings. The zero-order chi connectivity index (χ0) is 13.8. The summed E-state index contributed by atoms with van der Waals surface area (Å²) in [6.07, 6.45) is 13.6. The van der Waals surface area contributed by atoms with Crippen LogP contribution in [0.2, 0.25) is 0 Å². The van der Waals surface area contributed by atoms with E-state index in [9.17, 15) is 4.79 Å². The van der Waals surface area contributed by atoms with E-state index in [4.69, 9.17) is 11.2 Å². The number of hydrogen-bond donors (Lipinski definition) is 0. The molecule has 0 spiro atoms. The van der Waals surface area contributed by atoms with Crippen molar-refractivity contribution in [3.05, 3.63) is 35.9 Å². The van der Waals surface area contributed by atoms with Crippen LogP contribution in [0.1, 0.15) is 48.9 Å². The molecule has 2 heteroatoms. The molecule has 0 atom stereocenters. The van der Waals surface area contributed by atoms with Crippen molar-refractivity contribution in [3.8, 4) is 24.4 Å². The number of rotatable bonds is 6. The van der Waals surface area contributed by atoms with Crippen LogP contribution in [-0.2, 0) is 4.74 Å². The molecule has 0 aliphatic heterocycles. The summed E-state index contributed by atoms with van der Waals surface area (Å²) in [7, 11) is 0. The minimum Gasteiger partial charge on any atom is -0.369 e. The van der Waals surface area contributed by atoms with Crippen LogP contribution in [0.4, 0.5) is 0 Å². The van der Waals surface area contributed by atoms with Gasteiger partial charge in [0.2, 0.25) is 0 Å². The van der Waals surface area contributed by atoms with Gasteiger partial charge in [-0.2, -0.15) is 0 Å². The molecule has 1 rings (SSSR count). The summed E-state index contributed by atoms with van der Waals surface area (Å²) >= 11 is 0. The number of unbranched alkanes of at least 4 members (excludes halogenated alkanes) is 5. The molecule has 0 aromatic heterocycles. The van der Waals surface area contributed by atoms with Gasteiger partial charge in [-0.15, -0.1) is 12.3 Å². The van der Waals surface area contributed by atoms with E-state index in [-0.39, 0.29) is 0 Å². The molecule has 0 aliphatic rings. The summed E-state index contributed by atoms with van der Waals surface area (Å²) in [5, 5.41) is 0. The molecule has 1 aromatic rings. The Kier molecular flexibility index (Phi) is 7.67. The van der Waals surface area contributed by atoms with Crippen LogP contribution in [0, 0.1) is 24.4 Å². The third-order valence-electron chi connectivity index (χ3n) is 2.60. The molecule has 0 amide bonds. The van der Waals surface area contributed by atoms with Crippen LogP contribution >= 0.6 is 0 Å². The molecule has 19 heavy (non-hydrogen) atoms. The first-order valence-electron chi connectivity index (χ1n) is 6.52.